The summed E-state index contributed by atoms with van der Waals surface area (Å²) in [6.45, 7) is 3.56. The van der Waals surface area contributed by atoms with Gasteiger partial charge in [0.1, 0.15) is 0 Å². The Morgan fingerprint density at radius 3 is 1.83 bits per heavy atom. The molecule has 0 aromatic heterocycles. The zero-order valence-corrected chi connectivity index (χ0v) is 5.39. The second kappa shape index (κ2) is 1.90. The molecule has 0 amide bonds. The molecule has 0 aromatic rings. The number of hydrogen-bond acceptors (Lipinski definition) is 1. The Morgan fingerprint density at radius 2 is 1.83 bits per heavy atom. The largest absolute Gasteiger partial charge is 0.390 e. The van der Waals surface area contributed by atoms with Crippen molar-refractivity contribution in [3.8, 4) is 0 Å². The van der Waals surface area contributed by atoms with Gasteiger partial charge in [0.25, 0.3) is 0 Å². The van der Waals surface area contributed by atoms with Gasteiger partial charge < -0.3 is 5.11 Å². The Bertz CT molecular complexity index is 37.3. The van der Waals surface area contributed by atoms with E-state index in [0.717, 1.165) is 6.16 Å². The summed E-state index contributed by atoms with van der Waals surface area (Å²) in [4.78, 5) is 0. The molecule has 0 bridgehead atoms. The van der Waals surface area contributed by atoms with Gasteiger partial charge in [0.2, 0.25) is 0 Å². The van der Waals surface area contributed by atoms with Crippen molar-refractivity contribution in [2.75, 3.05) is 6.16 Å². The number of rotatable bonds is 1. The smallest absolute Gasteiger partial charge is 0.0626 e. The van der Waals surface area contributed by atoms with E-state index >= 15 is 0 Å². The Balaban J connectivity index is 3.17. The predicted octanol–water partition coefficient (Wildman–Crippen LogP) is 0.632. The molecule has 0 saturated carbocycles. The molecule has 6 heavy (non-hydrogen) atoms. The van der Waals surface area contributed by atoms with E-state index in [9.17, 15) is 0 Å². The van der Waals surface area contributed by atoms with Crippen LogP contribution < -0.4 is 0 Å². The van der Waals surface area contributed by atoms with Crippen LogP contribution in [0.1, 0.15) is 13.8 Å². The molecule has 0 saturated heterocycles. The van der Waals surface area contributed by atoms with Gasteiger partial charge in [-0.1, -0.05) is 0 Å². The van der Waals surface area contributed by atoms with Crippen molar-refractivity contribution in [3.63, 3.8) is 0 Å². The lowest BCUT2D eigenvalue weighted by molar-refractivity contribution is 0.107. The zero-order chi connectivity index (χ0) is 5.21. The van der Waals surface area contributed by atoms with E-state index < -0.39 is 5.60 Å². The fourth-order valence-corrected chi connectivity index (χ4v) is 0. The third-order valence-corrected chi connectivity index (χ3v) is 1.50. The molecule has 1 unspecified atom stereocenters. The molecule has 0 aliphatic heterocycles. The highest BCUT2D eigenvalue weighted by atomic mass is 31.0. The van der Waals surface area contributed by atoms with Crippen molar-refractivity contribution < 1.29 is 5.11 Å². The van der Waals surface area contributed by atoms with Gasteiger partial charge in [-0.2, -0.15) is 0 Å². The molecule has 0 heterocycles. The van der Waals surface area contributed by atoms with Crippen LogP contribution in [0.5, 0.6) is 0 Å². The van der Waals surface area contributed by atoms with Gasteiger partial charge in [-0.3, -0.25) is 0 Å². The standard InChI is InChI=1S/C4H11OP/c1-4(2,5)3-6/h5H,3,6H2,1-2H3. The van der Waals surface area contributed by atoms with Crippen LogP contribution in [-0.2, 0) is 0 Å². The maximum absolute atomic E-state index is 8.81. The molecule has 0 aliphatic rings. The van der Waals surface area contributed by atoms with Crippen molar-refractivity contribution >= 4 is 9.24 Å². The fourth-order valence-electron chi connectivity index (χ4n) is 0. The summed E-state index contributed by atoms with van der Waals surface area (Å²) < 4.78 is 0. The Hall–Kier alpha value is 0.390. The van der Waals surface area contributed by atoms with Gasteiger partial charge in [0, 0.05) is 0 Å². The first kappa shape index (κ1) is 6.39. The summed E-state index contributed by atoms with van der Waals surface area (Å²) in [5.41, 5.74) is -0.495. The van der Waals surface area contributed by atoms with Crippen molar-refractivity contribution in [1.29, 1.82) is 0 Å². The van der Waals surface area contributed by atoms with E-state index in [2.05, 4.69) is 9.24 Å². The number of hydrogen-bond donors (Lipinski definition) is 1. The van der Waals surface area contributed by atoms with Crippen LogP contribution in [-0.4, -0.2) is 16.9 Å². The van der Waals surface area contributed by atoms with E-state index in [0.29, 0.717) is 0 Å². The highest BCUT2D eigenvalue weighted by Crippen LogP contribution is 2.03. The van der Waals surface area contributed by atoms with Crippen molar-refractivity contribution in [1.82, 2.24) is 0 Å². The predicted molar refractivity (Wildman–Crippen MR) is 30.9 cm³/mol. The average Bonchev–Trinajstić information content (AvgIpc) is 1.35. The molecule has 1 atom stereocenters. The maximum Gasteiger partial charge on any atom is 0.0626 e. The van der Waals surface area contributed by atoms with E-state index in [1.807, 2.05) is 0 Å². The lowest BCUT2D eigenvalue weighted by Gasteiger charge is -2.11. The van der Waals surface area contributed by atoms with Crippen LogP contribution in [0.15, 0.2) is 0 Å². The molecular formula is C4H11OP. The third kappa shape index (κ3) is 4.39. The van der Waals surface area contributed by atoms with Crippen LogP contribution in [0.2, 0.25) is 0 Å². The Morgan fingerprint density at radius 1 is 1.67 bits per heavy atom. The van der Waals surface area contributed by atoms with Gasteiger partial charge in [0.15, 0.2) is 0 Å². The molecule has 0 spiro atoms. The summed E-state index contributed by atoms with van der Waals surface area (Å²) in [6, 6.07) is 0. The lowest BCUT2D eigenvalue weighted by atomic mass is 10.2. The van der Waals surface area contributed by atoms with E-state index in [1.165, 1.54) is 0 Å². The second-order valence-corrected chi connectivity index (χ2v) is 2.42. The molecule has 0 aromatic carbocycles. The summed E-state index contributed by atoms with van der Waals surface area (Å²) >= 11 is 0. The minimum atomic E-state index is -0.495. The van der Waals surface area contributed by atoms with Crippen molar-refractivity contribution in [2.24, 2.45) is 0 Å². The molecule has 2 heteroatoms. The average molecular weight is 106 g/mol. The molecule has 0 fully saturated rings. The topological polar surface area (TPSA) is 20.2 Å². The van der Waals surface area contributed by atoms with Crippen molar-refractivity contribution in [3.05, 3.63) is 0 Å². The molecule has 0 rings (SSSR count). The minimum absolute atomic E-state index is 0.495. The molecular weight excluding hydrogens is 95.0 g/mol. The lowest BCUT2D eigenvalue weighted by Crippen LogP contribution is -2.19. The molecule has 1 N–H and O–H groups in total. The minimum Gasteiger partial charge on any atom is -0.390 e. The van der Waals surface area contributed by atoms with Gasteiger partial charge in [-0.25, -0.2) is 0 Å². The van der Waals surface area contributed by atoms with Crippen LogP contribution in [0.4, 0.5) is 0 Å². The first-order chi connectivity index (χ1) is 2.56. The van der Waals surface area contributed by atoms with Crippen LogP contribution in [0, 0.1) is 0 Å². The highest BCUT2D eigenvalue weighted by Gasteiger charge is 2.05. The maximum atomic E-state index is 8.81. The van der Waals surface area contributed by atoms with Gasteiger partial charge >= 0.3 is 0 Å². The Kier molecular flexibility index (Phi) is 2.03. The van der Waals surface area contributed by atoms with E-state index in [-0.39, 0.29) is 0 Å². The van der Waals surface area contributed by atoms with Crippen LogP contribution in [0.3, 0.4) is 0 Å². The normalized spacial score (nSPS) is 12.0. The summed E-state index contributed by atoms with van der Waals surface area (Å²) in [5.74, 6) is 0. The quantitative estimate of drug-likeness (QED) is 0.486. The summed E-state index contributed by atoms with van der Waals surface area (Å²) in [5, 5.41) is 8.81. The summed E-state index contributed by atoms with van der Waals surface area (Å²) in [7, 11) is 2.47. The molecule has 0 radical (unpaired) electrons. The second-order valence-electron chi connectivity index (χ2n) is 2.02. The van der Waals surface area contributed by atoms with Crippen molar-refractivity contribution in [2.45, 2.75) is 19.4 Å². The number of aliphatic hydroxyl groups is 1. The van der Waals surface area contributed by atoms with Crippen LogP contribution in [0.25, 0.3) is 0 Å². The third-order valence-electron chi connectivity index (χ3n) is 0.500. The molecule has 38 valence electrons. The molecule has 1 nitrogen and oxygen atoms in total. The first-order valence-electron chi connectivity index (χ1n) is 1.99. The first-order valence-corrected chi connectivity index (χ1v) is 2.80. The van der Waals surface area contributed by atoms with Crippen LogP contribution >= 0.6 is 9.24 Å². The summed E-state index contributed by atoms with van der Waals surface area (Å²) in [6.07, 6.45) is 0.743. The highest BCUT2D eigenvalue weighted by molar-refractivity contribution is 7.16. The Labute approximate surface area is 41.0 Å². The van der Waals surface area contributed by atoms with Gasteiger partial charge in [-0.05, 0) is 20.0 Å². The van der Waals surface area contributed by atoms with E-state index in [4.69, 9.17) is 5.11 Å². The zero-order valence-electron chi connectivity index (χ0n) is 4.23. The fraction of sp³-hybridized carbons (Fsp3) is 1.00. The van der Waals surface area contributed by atoms with Gasteiger partial charge in [-0.15, -0.1) is 9.24 Å². The molecule has 0 aliphatic carbocycles. The SMILES string of the molecule is CC(C)(O)CP. The van der Waals surface area contributed by atoms with Gasteiger partial charge in [0.05, 0.1) is 5.60 Å². The van der Waals surface area contributed by atoms with E-state index in [1.54, 1.807) is 13.8 Å². The monoisotopic (exact) mass is 106 g/mol.